The van der Waals surface area contributed by atoms with Crippen molar-refractivity contribution in [3.8, 4) is 11.4 Å². The first-order valence-corrected chi connectivity index (χ1v) is 11.5. The third-order valence-electron chi connectivity index (χ3n) is 6.26. The highest BCUT2D eigenvalue weighted by Gasteiger charge is 2.42. The van der Waals surface area contributed by atoms with Crippen LogP contribution in [0.5, 0.6) is 5.75 Å². The molecule has 5 nitrogen and oxygen atoms in total. The van der Waals surface area contributed by atoms with Crippen molar-refractivity contribution in [1.29, 1.82) is 0 Å². The summed E-state index contributed by atoms with van der Waals surface area (Å²) in [6, 6.07) is 22.8. The Balaban J connectivity index is 1.69. The fraction of sp³-hybridized carbons (Fsp3) is 0.185. The van der Waals surface area contributed by atoms with E-state index in [2.05, 4.69) is 38.8 Å². The van der Waals surface area contributed by atoms with Crippen LogP contribution < -0.4 is 15.0 Å². The third-order valence-corrected chi connectivity index (χ3v) is 6.57. The molecule has 7 heteroatoms. The minimum Gasteiger partial charge on any atom is -0.497 e. The summed E-state index contributed by atoms with van der Waals surface area (Å²) in [6.07, 6.45) is 1.79. The maximum Gasteiger partial charge on any atom is 0.174 e. The van der Waals surface area contributed by atoms with E-state index in [9.17, 15) is 4.39 Å². The average molecular weight is 473 g/mol. The highest BCUT2D eigenvalue weighted by Crippen LogP contribution is 2.43. The van der Waals surface area contributed by atoms with Gasteiger partial charge < -0.3 is 19.5 Å². The highest BCUT2D eigenvalue weighted by atomic mass is 32.1. The second-order valence-electron chi connectivity index (χ2n) is 8.36. The second kappa shape index (κ2) is 8.91. The number of pyridine rings is 1. The summed E-state index contributed by atoms with van der Waals surface area (Å²) in [7, 11) is 1.66. The molecule has 2 aromatic carbocycles. The predicted molar refractivity (Wildman–Crippen MR) is 136 cm³/mol. The van der Waals surface area contributed by atoms with Gasteiger partial charge in [-0.25, -0.2) is 4.39 Å². The van der Waals surface area contributed by atoms with Crippen molar-refractivity contribution >= 4 is 23.0 Å². The molecule has 0 saturated carbocycles. The van der Waals surface area contributed by atoms with E-state index in [-0.39, 0.29) is 17.9 Å². The molecule has 1 aliphatic rings. The topological polar surface area (TPSA) is 42.3 Å². The van der Waals surface area contributed by atoms with Crippen molar-refractivity contribution in [3.63, 3.8) is 0 Å². The molecule has 0 spiro atoms. The number of aryl methyl sites for hydroxylation is 2. The minimum absolute atomic E-state index is 0.189. The van der Waals surface area contributed by atoms with E-state index in [0.29, 0.717) is 10.7 Å². The molecule has 4 aromatic rings. The van der Waals surface area contributed by atoms with Crippen LogP contribution in [0.25, 0.3) is 5.69 Å². The molecule has 34 heavy (non-hydrogen) atoms. The lowest BCUT2D eigenvalue weighted by atomic mass is 10.0. The Kier molecular flexibility index (Phi) is 5.79. The molecule has 3 heterocycles. The van der Waals surface area contributed by atoms with Gasteiger partial charge in [0.05, 0.1) is 18.8 Å². The number of nitrogens with one attached hydrogen (secondary N) is 1. The zero-order valence-corrected chi connectivity index (χ0v) is 20.0. The number of thiocarbonyl (C=S) groups is 1. The summed E-state index contributed by atoms with van der Waals surface area (Å²) in [5.41, 5.74) is 5.45. The lowest BCUT2D eigenvalue weighted by Gasteiger charge is -2.29. The number of hydrogen-bond donors (Lipinski definition) is 1. The van der Waals surface area contributed by atoms with E-state index < -0.39 is 0 Å². The molecule has 1 aliphatic heterocycles. The summed E-state index contributed by atoms with van der Waals surface area (Å²) < 4.78 is 21.7. The molecule has 0 unspecified atom stereocenters. The van der Waals surface area contributed by atoms with E-state index in [4.69, 9.17) is 17.0 Å². The van der Waals surface area contributed by atoms with Crippen molar-refractivity contribution < 1.29 is 9.13 Å². The van der Waals surface area contributed by atoms with Gasteiger partial charge in [0.2, 0.25) is 0 Å². The van der Waals surface area contributed by atoms with Crippen LogP contribution in [0.2, 0.25) is 0 Å². The second-order valence-corrected chi connectivity index (χ2v) is 8.75. The number of halogens is 1. The molecular formula is C27H25FN4OS. The monoisotopic (exact) mass is 472 g/mol. The van der Waals surface area contributed by atoms with Gasteiger partial charge in [0.1, 0.15) is 17.6 Å². The van der Waals surface area contributed by atoms with Gasteiger partial charge in [-0.15, -0.1) is 0 Å². The summed E-state index contributed by atoms with van der Waals surface area (Å²) >= 11 is 5.82. The molecule has 2 atom stereocenters. The van der Waals surface area contributed by atoms with Gasteiger partial charge in [0.15, 0.2) is 5.11 Å². The fourth-order valence-corrected chi connectivity index (χ4v) is 4.93. The Morgan fingerprint density at radius 3 is 2.41 bits per heavy atom. The molecule has 1 saturated heterocycles. The summed E-state index contributed by atoms with van der Waals surface area (Å²) in [4.78, 5) is 6.69. The Hall–Kier alpha value is -3.71. The summed E-state index contributed by atoms with van der Waals surface area (Å²) in [5.74, 6) is 0.561. The maximum absolute atomic E-state index is 14.1. The van der Waals surface area contributed by atoms with Crippen molar-refractivity contribution in [2.24, 2.45) is 0 Å². The molecule has 2 aromatic heterocycles. The zero-order chi connectivity index (χ0) is 23.8. The molecule has 0 amide bonds. The van der Waals surface area contributed by atoms with E-state index >= 15 is 0 Å². The predicted octanol–water partition coefficient (Wildman–Crippen LogP) is 5.81. The van der Waals surface area contributed by atoms with Crippen molar-refractivity contribution in [2.75, 3.05) is 12.0 Å². The van der Waals surface area contributed by atoms with Gasteiger partial charge in [-0.05, 0) is 98.4 Å². The van der Waals surface area contributed by atoms with Crippen molar-refractivity contribution in [1.82, 2.24) is 14.9 Å². The molecular weight excluding hydrogens is 447 g/mol. The van der Waals surface area contributed by atoms with Crippen LogP contribution in [0, 0.1) is 19.7 Å². The molecule has 0 bridgehead atoms. The maximum atomic E-state index is 14.1. The van der Waals surface area contributed by atoms with Crippen molar-refractivity contribution in [3.05, 3.63) is 107 Å². The van der Waals surface area contributed by atoms with Gasteiger partial charge in [-0.1, -0.05) is 6.07 Å². The Morgan fingerprint density at radius 1 is 0.971 bits per heavy atom. The number of hydrogen-bond acceptors (Lipinski definition) is 3. The largest absolute Gasteiger partial charge is 0.497 e. The molecule has 5 rings (SSSR count). The van der Waals surface area contributed by atoms with E-state index in [1.54, 1.807) is 26.3 Å². The molecule has 1 fully saturated rings. The van der Waals surface area contributed by atoms with Gasteiger partial charge in [0, 0.05) is 29.0 Å². The minimum atomic E-state index is -0.239. The highest BCUT2D eigenvalue weighted by molar-refractivity contribution is 7.80. The Bertz CT molecular complexity index is 1340. The quantitative estimate of drug-likeness (QED) is 0.371. The van der Waals surface area contributed by atoms with Crippen LogP contribution in [0.1, 0.15) is 34.7 Å². The number of aromatic nitrogens is 2. The van der Waals surface area contributed by atoms with Gasteiger partial charge >= 0.3 is 0 Å². The first-order chi connectivity index (χ1) is 16.5. The summed E-state index contributed by atoms with van der Waals surface area (Å²) in [5, 5.41) is 4.05. The van der Waals surface area contributed by atoms with Crippen LogP contribution in [0.15, 0.2) is 79.0 Å². The lowest BCUT2D eigenvalue weighted by Crippen LogP contribution is -2.30. The Labute approximate surface area is 203 Å². The average Bonchev–Trinajstić information content (AvgIpc) is 3.40. The molecule has 1 N–H and O–H groups in total. The van der Waals surface area contributed by atoms with Crippen molar-refractivity contribution in [2.45, 2.75) is 25.9 Å². The number of anilines is 1. The Morgan fingerprint density at radius 2 is 1.74 bits per heavy atom. The smallest absolute Gasteiger partial charge is 0.174 e. The first-order valence-electron chi connectivity index (χ1n) is 11.1. The fourth-order valence-electron chi connectivity index (χ4n) is 4.59. The van der Waals surface area contributed by atoms with E-state index in [1.165, 1.54) is 6.07 Å². The third kappa shape index (κ3) is 3.82. The van der Waals surface area contributed by atoms with Gasteiger partial charge in [0.25, 0.3) is 0 Å². The van der Waals surface area contributed by atoms with Crippen LogP contribution in [0.3, 0.4) is 0 Å². The number of methoxy groups -OCH3 is 1. The molecule has 0 aliphatic carbocycles. The van der Waals surface area contributed by atoms with Crippen LogP contribution in [-0.4, -0.2) is 21.8 Å². The van der Waals surface area contributed by atoms with Crippen LogP contribution in [0.4, 0.5) is 10.1 Å². The lowest BCUT2D eigenvalue weighted by molar-refractivity contribution is 0.414. The van der Waals surface area contributed by atoms with Crippen LogP contribution >= 0.6 is 12.2 Å². The number of ether oxygens (including phenoxy) is 1. The molecule has 0 radical (unpaired) electrons. The number of rotatable bonds is 5. The van der Waals surface area contributed by atoms with Gasteiger partial charge in [-0.2, -0.15) is 0 Å². The summed E-state index contributed by atoms with van der Waals surface area (Å²) in [6.45, 7) is 3.84. The number of benzene rings is 2. The van der Waals surface area contributed by atoms with Crippen LogP contribution in [-0.2, 0) is 0 Å². The van der Waals surface area contributed by atoms with Gasteiger partial charge in [-0.3, -0.25) is 4.98 Å². The first kappa shape index (κ1) is 22.1. The van der Waals surface area contributed by atoms with E-state index in [0.717, 1.165) is 34.2 Å². The normalized spacial score (nSPS) is 17.6. The molecule has 172 valence electrons. The standard InChI is InChI=1S/C27H25FN4OS/c1-17-16-20(10-13-22(17)28)32-26(25(30-27(32)34)23-6-4-5-15-29-23)24-14-7-18(2)31(24)19-8-11-21(33-3)12-9-19/h4-16,25-26H,1-3H3,(H,30,34)/t25-,26+/m1/s1. The SMILES string of the molecule is COc1ccc(-n2c(C)ccc2[C@H]2[C@@H](c3ccccn3)NC(=S)N2c2ccc(F)c(C)c2)cc1. The number of nitrogens with zero attached hydrogens (tertiary/aromatic N) is 3. The van der Waals surface area contributed by atoms with E-state index in [1.807, 2.05) is 48.5 Å². The zero-order valence-electron chi connectivity index (χ0n) is 19.2.